The molecule has 33 heavy (non-hydrogen) atoms. The second-order valence-electron chi connectivity index (χ2n) is 7.51. The molecule has 0 atom stereocenters. The predicted molar refractivity (Wildman–Crippen MR) is 117 cm³/mol. The molecule has 4 aromatic rings. The molecule has 0 saturated carbocycles. The highest BCUT2D eigenvalue weighted by Gasteiger charge is 2.36. The first-order valence-electron chi connectivity index (χ1n) is 9.87. The van der Waals surface area contributed by atoms with E-state index in [1.807, 2.05) is 0 Å². The Kier molecular flexibility index (Phi) is 4.56. The molecule has 0 spiro atoms. The summed E-state index contributed by atoms with van der Waals surface area (Å²) in [5.74, 6) is -2.34. The van der Waals surface area contributed by atoms with Crippen molar-refractivity contribution in [1.29, 1.82) is 0 Å². The first-order chi connectivity index (χ1) is 15.8. The average Bonchev–Trinajstić information content (AvgIpc) is 3.45. The zero-order chi connectivity index (χ0) is 23.4. The van der Waals surface area contributed by atoms with Gasteiger partial charge in [-0.25, -0.2) is 9.18 Å². The Bertz CT molecular complexity index is 1540. The van der Waals surface area contributed by atoms with Gasteiger partial charge in [0.25, 0.3) is 11.8 Å². The van der Waals surface area contributed by atoms with Gasteiger partial charge in [0.05, 0.1) is 30.9 Å². The molecule has 2 aromatic carbocycles. The van der Waals surface area contributed by atoms with Crippen molar-refractivity contribution in [2.75, 3.05) is 14.2 Å². The van der Waals surface area contributed by atoms with Crippen molar-refractivity contribution < 1.29 is 32.7 Å². The van der Waals surface area contributed by atoms with Gasteiger partial charge in [-0.1, -0.05) is 12.1 Å². The molecule has 0 unspecified atom stereocenters. The van der Waals surface area contributed by atoms with E-state index in [2.05, 4.69) is 10.1 Å². The van der Waals surface area contributed by atoms with Gasteiger partial charge in [-0.3, -0.25) is 14.9 Å². The molecule has 1 N–H and O–H groups in total. The number of methoxy groups -OCH3 is 2. The zero-order valence-corrected chi connectivity index (χ0v) is 17.8. The van der Waals surface area contributed by atoms with Crippen LogP contribution >= 0.6 is 0 Å². The fraction of sp³-hybridized carbons (Fsp3) is 0.125. The Labute approximate surface area is 186 Å². The number of carbonyl (C=O) groups excluding carboxylic acids is 3. The molecule has 9 heteroatoms. The van der Waals surface area contributed by atoms with Gasteiger partial charge in [0, 0.05) is 40.7 Å². The lowest BCUT2D eigenvalue weighted by atomic mass is 9.95. The first-order valence-corrected chi connectivity index (χ1v) is 9.87. The van der Waals surface area contributed by atoms with Crippen molar-refractivity contribution in [2.45, 2.75) is 0 Å². The molecule has 2 aromatic heterocycles. The molecule has 0 bridgehead atoms. The topological polar surface area (TPSA) is 99.8 Å². The van der Waals surface area contributed by atoms with Crippen LogP contribution in [0.3, 0.4) is 0 Å². The number of rotatable bonds is 4. The van der Waals surface area contributed by atoms with Crippen molar-refractivity contribution in [2.24, 2.45) is 7.05 Å². The monoisotopic (exact) mass is 448 g/mol. The number of halogens is 1. The highest BCUT2D eigenvalue weighted by molar-refractivity contribution is 6.50. The third-order valence-corrected chi connectivity index (χ3v) is 5.74. The number of imide groups is 1. The van der Waals surface area contributed by atoms with Gasteiger partial charge in [0.1, 0.15) is 12.1 Å². The SMILES string of the molecule is COC(=O)c1cc2c(cc1F)c(C1=C(c3coc4c(OC)cccc34)C(=O)NC1=O)cn2C. The second-order valence-corrected chi connectivity index (χ2v) is 7.51. The molecule has 8 nitrogen and oxygen atoms in total. The fourth-order valence-corrected chi connectivity index (χ4v) is 4.22. The van der Waals surface area contributed by atoms with Crippen LogP contribution in [0.4, 0.5) is 4.39 Å². The van der Waals surface area contributed by atoms with E-state index in [0.717, 1.165) is 13.2 Å². The maximum absolute atomic E-state index is 14.7. The molecule has 166 valence electrons. The molecular formula is C24H17FN2O6. The zero-order valence-electron chi connectivity index (χ0n) is 17.8. The highest BCUT2D eigenvalue weighted by atomic mass is 19.1. The fourth-order valence-electron chi connectivity index (χ4n) is 4.22. The Morgan fingerprint density at radius 2 is 1.79 bits per heavy atom. The van der Waals surface area contributed by atoms with Crippen LogP contribution in [0.25, 0.3) is 33.0 Å². The van der Waals surface area contributed by atoms with E-state index in [1.54, 1.807) is 36.0 Å². The van der Waals surface area contributed by atoms with Gasteiger partial charge >= 0.3 is 5.97 Å². The summed E-state index contributed by atoms with van der Waals surface area (Å²) in [6, 6.07) is 7.73. The van der Waals surface area contributed by atoms with Crippen LogP contribution < -0.4 is 10.1 Å². The van der Waals surface area contributed by atoms with Crippen LogP contribution in [0, 0.1) is 5.82 Å². The van der Waals surface area contributed by atoms with Crippen molar-refractivity contribution in [3.05, 3.63) is 65.3 Å². The smallest absolute Gasteiger partial charge is 0.340 e. The molecule has 3 heterocycles. The summed E-state index contributed by atoms with van der Waals surface area (Å²) in [5, 5.41) is 3.28. The summed E-state index contributed by atoms with van der Waals surface area (Å²) >= 11 is 0. The number of nitrogens with zero attached hydrogens (tertiary/aromatic N) is 1. The minimum absolute atomic E-state index is 0.0846. The molecule has 0 aliphatic carbocycles. The summed E-state index contributed by atoms with van der Waals surface area (Å²) < 4.78 is 32.0. The maximum Gasteiger partial charge on any atom is 0.340 e. The standard InChI is InChI=1S/C24H17FN2O6/c1-27-9-14(12-7-16(25)13(8-17(12)27)24(30)32-3)19-20(23(29)26-22(19)28)15-10-33-21-11(15)5-4-6-18(21)31-2/h4-10H,1-3H3,(H,26,28,29). The van der Waals surface area contributed by atoms with Gasteiger partial charge in [-0.2, -0.15) is 0 Å². The highest BCUT2D eigenvalue weighted by Crippen LogP contribution is 2.40. The summed E-state index contributed by atoms with van der Waals surface area (Å²) in [6.45, 7) is 0. The summed E-state index contributed by atoms with van der Waals surface area (Å²) in [7, 11) is 4.36. The summed E-state index contributed by atoms with van der Waals surface area (Å²) in [5.41, 5.74) is 1.64. The maximum atomic E-state index is 14.7. The number of carbonyl (C=O) groups is 3. The van der Waals surface area contributed by atoms with Crippen LogP contribution in [0.1, 0.15) is 21.5 Å². The lowest BCUT2D eigenvalue weighted by Crippen LogP contribution is -2.22. The van der Waals surface area contributed by atoms with Gasteiger partial charge in [0.15, 0.2) is 11.3 Å². The Balaban J connectivity index is 1.80. The minimum atomic E-state index is -0.815. The molecule has 1 aliphatic rings. The Hall–Kier alpha value is -4.40. The van der Waals surface area contributed by atoms with Gasteiger partial charge in [0.2, 0.25) is 0 Å². The number of esters is 1. The molecule has 0 radical (unpaired) electrons. The quantitative estimate of drug-likeness (QED) is 0.379. The number of amides is 2. The van der Waals surface area contributed by atoms with Crippen LogP contribution in [0.5, 0.6) is 5.75 Å². The third kappa shape index (κ3) is 2.93. The largest absolute Gasteiger partial charge is 0.493 e. The van der Waals surface area contributed by atoms with Crippen LogP contribution in [-0.2, 0) is 21.4 Å². The van der Waals surface area contributed by atoms with E-state index < -0.39 is 23.6 Å². The van der Waals surface area contributed by atoms with Gasteiger partial charge < -0.3 is 18.5 Å². The Morgan fingerprint density at radius 1 is 1.06 bits per heavy atom. The number of hydrogen-bond acceptors (Lipinski definition) is 6. The molecule has 5 rings (SSSR count). The lowest BCUT2D eigenvalue weighted by Gasteiger charge is -2.05. The van der Waals surface area contributed by atoms with Crippen molar-refractivity contribution in [3.63, 3.8) is 0 Å². The van der Waals surface area contributed by atoms with E-state index >= 15 is 0 Å². The molecule has 2 amide bonds. The third-order valence-electron chi connectivity index (χ3n) is 5.74. The minimum Gasteiger partial charge on any atom is -0.493 e. The molecule has 0 fully saturated rings. The number of benzene rings is 2. The van der Waals surface area contributed by atoms with Crippen molar-refractivity contribution >= 4 is 50.8 Å². The van der Waals surface area contributed by atoms with E-state index in [-0.39, 0.29) is 16.7 Å². The Morgan fingerprint density at radius 3 is 2.48 bits per heavy atom. The molecular weight excluding hydrogens is 431 g/mol. The number of para-hydroxylation sites is 1. The first kappa shape index (κ1) is 20.5. The number of hydrogen-bond donors (Lipinski definition) is 1. The van der Waals surface area contributed by atoms with Crippen molar-refractivity contribution in [1.82, 2.24) is 9.88 Å². The van der Waals surface area contributed by atoms with Gasteiger partial charge in [-0.05, 0) is 18.2 Å². The average molecular weight is 448 g/mol. The number of fused-ring (bicyclic) bond motifs is 2. The normalized spacial score (nSPS) is 13.8. The summed E-state index contributed by atoms with van der Waals surface area (Å²) in [4.78, 5) is 37.7. The summed E-state index contributed by atoms with van der Waals surface area (Å²) in [6.07, 6.45) is 3.00. The second kappa shape index (κ2) is 7.33. The van der Waals surface area contributed by atoms with Crippen LogP contribution in [0.2, 0.25) is 0 Å². The number of aryl methyl sites for hydroxylation is 1. The van der Waals surface area contributed by atoms with Crippen LogP contribution in [-0.4, -0.2) is 36.6 Å². The lowest BCUT2D eigenvalue weighted by molar-refractivity contribution is -0.122. The van der Waals surface area contributed by atoms with E-state index in [0.29, 0.717) is 38.7 Å². The van der Waals surface area contributed by atoms with Crippen molar-refractivity contribution in [3.8, 4) is 5.75 Å². The molecule has 0 saturated heterocycles. The predicted octanol–water partition coefficient (Wildman–Crippen LogP) is 3.43. The number of nitrogens with one attached hydrogen (secondary N) is 1. The van der Waals surface area contributed by atoms with E-state index in [9.17, 15) is 18.8 Å². The number of furan rings is 1. The van der Waals surface area contributed by atoms with Gasteiger partial charge in [-0.15, -0.1) is 0 Å². The van der Waals surface area contributed by atoms with Crippen LogP contribution in [0.15, 0.2) is 47.2 Å². The number of aromatic nitrogens is 1. The number of ether oxygens (including phenoxy) is 2. The molecule has 1 aliphatic heterocycles. The van der Waals surface area contributed by atoms with E-state index in [4.69, 9.17) is 9.15 Å². The van der Waals surface area contributed by atoms with E-state index in [1.165, 1.54) is 19.4 Å².